The monoisotopic (exact) mass is 211 g/mol. The van der Waals surface area contributed by atoms with E-state index in [1.807, 2.05) is 25.1 Å². The molecule has 0 atom stereocenters. The van der Waals surface area contributed by atoms with Gasteiger partial charge in [0.15, 0.2) is 11.3 Å². The Morgan fingerprint density at radius 1 is 1.50 bits per heavy atom. The maximum Gasteiger partial charge on any atom is 0.210 e. The van der Waals surface area contributed by atoms with Crippen molar-refractivity contribution in [3.05, 3.63) is 24.1 Å². The number of ether oxygens (including phenoxy) is 1. The van der Waals surface area contributed by atoms with Crippen LogP contribution in [0, 0.1) is 0 Å². The summed E-state index contributed by atoms with van der Waals surface area (Å²) >= 11 is 5.63. The van der Waals surface area contributed by atoms with E-state index < -0.39 is 0 Å². The highest BCUT2D eigenvalue weighted by molar-refractivity contribution is 6.16. The van der Waals surface area contributed by atoms with Crippen molar-refractivity contribution in [3.63, 3.8) is 0 Å². The Morgan fingerprint density at radius 3 is 3.07 bits per heavy atom. The molecule has 0 amide bonds. The van der Waals surface area contributed by atoms with E-state index in [9.17, 15) is 0 Å². The lowest BCUT2D eigenvalue weighted by Gasteiger charge is -2.01. The molecule has 0 aliphatic carbocycles. The number of hydrogen-bond donors (Lipinski definition) is 0. The van der Waals surface area contributed by atoms with E-state index in [2.05, 4.69) is 4.98 Å². The van der Waals surface area contributed by atoms with E-state index in [0.717, 1.165) is 5.52 Å². The predicted octanol–water partition coefficient (Wildman–Crippen LogP) is 2.97. The Labute approximate surface area is 86.6 Å². The van der Waals surface area contributed by atoms with Crippen LogP contribution >= 0.6 is 11.6 Å². The van der Waals surface area contributed by atoms with Crippen molar-refractivity contribution in [2.24, 2.45) is 0 Å². The van der Waals surface area contributed by atoms with Crippen LogP contribution in [0.2, 0.25) is 0 Å². The van der Waals surface area contributed by atoms with Crippen molar-refractivity contribution in [1.82, 2.24) is 4.98 Å². The molecule has 1 aromatic carbocycles. The molecule has 0 saturated heterocycles. The molecule has 0 N–H and O–H groups in total. The van der Waals surface area contributed by atoms with Gasteiger partial charge in [0, 0.05) is 0 Å². The lowest BCUT2D eigenvalue weighted by Crippen LogP contribution is -1.90. The maximum absolute atomic E-state index is 5.63. The first-order chi connectivity index (χ1) is 6.85. The van der Waals surface area contributed by atoms with Crippen LogP contribution in [0.1, 0.15) is 12.8 Å². The fraction of sp³-hybridized carbons (Fsp3) is 0.300. The number of halogens is 1. The van der Waals surface area contributed by atoms with Gasteiger partial charge in [0.2, 0.25) is 5.89 Å². The van der Waals surface area contributed by atoms with Gasteiger partial charge in [0.05, 0.1) is 12.5 Å². The second-order valence-corrected chi connectivity index (χ2v) is 3.05. The summed E-state index contributed by atoms with van der Waals surface area (Å²) in [6.45, 7) is 2.54. The second-order valence-electron chi connectivity index (χ2n) is 2.78. The molecule has 0 fully saturated rings. The molecule has 74 valence electrons. The topological polar surface area (TPSA) is 35.3 Å². The molecule has 0 aliphatic heterocycles. The van der Waals surface area contributed by atoms with Crippen molar-refractivity contribution >= 4 is 22.7 Å². The van der Waals surface area contributed by atoms with E-state index >= 15 is 0 Å². The van der Waals surface area contributed by atoms with E-state index in [1.54, 1.807) is 0 Å². The van der Waals surface area contributed by atoms with Gasteiger partial charge in [-0.2, -0.15) is 0 Å². The Balaban J connectivity index is 2.55. The zero-order chi connectivity index (χ0) is 9.97. The first-order valence-corrected chi connectivity index (χ1v) is 4.95. The van der Waals surface area contributed by atoms with Crippen molar-refractivity contribution in [1.29, 1.82) is 0 Å². The molecular weight excluding hydrogens is 202 g/mol. The minimum Gasteiger partial charge on any atom is -0.490 e. The molecule has 0 bridgehead atoms. The van der Waals surface area contributed by atoms with Crippen molar-refractivity contribution in [2.75, 3.05) is 6.61 Å². The highest BCUT2D eigenvalue weighted by Crippen LogP contribution is 2.26. The summed E-state index contributed by atoms with van der Waals surface area (Å²) in [5.41, 5.74) is 1.46. The van der Waals surface area contributed by atoms with Gasteiger partial charge in [0.25, 0.3) is 0 Å². The average Bonchev–Trinajstić information content (AvgIpc) is 2.62. The third-order valence-corrected chi connectivity index (χ3v) is 2.07. The Bertz CT molecular complexity index is 439. The van der Waals surface area contributed by atoms with Crippen LogP contribution < -0.4 is 4.74 Å². The number of hydrogen-bond acceptors (Lipinski definition) is 3. The summed E-state index contributed by atoms with van der Waals surface area (Å²) in [5.74, 6) is 1.52. The highest BCUT2D eigenvalue weighted by atomic mass is 35.5. The molecule has 3 nitrogen and oxygen atoms in total. The summed E-state index contributed by atoms with van der Waals surface area (Å²) in [6, 6.07) is 5.61. The Kier molecular flexibility index (Phi) is 2.59. The summed E-state index contributed by atoms with van der Waals surface area (Å²) in [5, 5.41) is 0. The minimum atomic E-state index is 0.278. The quantitative estimate of drug-likeness (QED) is 0.733. The zero-order valence-electron chi connectivity index (χ0n) is 7.79. The van der Waals surface area contributed by atoms with E-state index in [1.165, 1.54) is 0 Å². The predicted molar refractivity (Wildman–Crippen MR) is 54.7 cm³/mol. The van der Waals surface area contributed by atoms with Crippen molar-refractivity contribution < 1.29 is 9.15 Å². The summed E-state index contributed by atoms with van der Waals surface area (Å²) in [4.78, 5) is 4.20. The molecule has 1 heterocycles. The normalized spacial score (nSPS) is 10.7. The van der Waals surface area contributed by atoms with E-state index in [0.29, 0.717) is 23.8 Å². The van der Waals surface area contributed by atoms with Crippen LogP contribution in [0.25, 0.3) is 11.1 Å². The van der Waals surface area contributed by atoms with Gasteiger partial charge in [-0.1, -0.05) is 6.07 Å². The minimum absolute atomic E-state index is 0.278. The van der Waals surface area contributed by atoms with Gasteiger partial charge in [-0.05, 0) is 19.1 Å². The fourth-order valence-electron chi connectivity index (χ4n) is 1.30. The summed E-state index contributed by atoms with van der Waals surface area (Å²) in [6.07, 6.45) is 0. The van der Waals surface area contributed by atoms with Crippen LogP contribution in [0.5, 0.6) is 5.75 Å². The number of para-hydroxylation sites is 1. The third kappa shape index (κ3) is 1.55. The number of alkyl halides is 1. The first-order valence-electron chi connectivity index (χ1n) is 4.42. The van der Waals surface area contributed by atoms with E-state index in [4.69, 9.17) is 20.8 Å². The van der Waals surface area contributed by atoms with Crippen LogP contribution in [0.4, 0.5) is 0 Å². The molecule has 0 unspecified atom stereocenters. The number of fused-ring (bicyclic) bond motifs is 1. The smallest absolute Gasteiger partial charge is 0.210 e. The molecule has 0 saturated carbocycles. The average molecular weight is 212 g/mol. The number of benzene rings is 1. The largest absolute Gasteiger partial charge is 0.490 e. The number of nitrogens with zero attached hydrogens (tertiary/aromatic N) is 1. The number of rotatable bonds is 3. The van der Waals surface area contributed by atoms with Crippen LogP contribution in [0.15, 0.2) is 22.6 Å². The molecule has 0 spiro atoms. The Hall–Kier alpha value is -1.22. The molecule has 4 heteroatoms. The SMILES string of the molecule is CCOc1cccc2nc(CCl)oc12. The lowest BCUT2D eigenvalue weighted by atomic mass is 10.3. The standard InChI is InChI=1S/C10H10ClNO2/c1-2-13-8-5-3-4-7-10(8)14-9(6-11)12-7/h3-5H,2,6H2,1H3. The Morgan fingerprint density at radius 2 is 2.36 bits per heavy atom. The van der Waals surface area contributed by atoms with Gasteiger partial charge in [-0.15, -0.1) is 11.6 Å². The molecular formula is C10H10ClNO2. The van der Waals surface area contributed by atoms with Crippen molar-refractivity contribution in [3.8, 4) is 5.75 Å². The third-order valence-electron chi connectivity index (χ3n) is 1.84. The molecule has 14 heavy (non-hydrogen) atoms. The maximum atomic E-state index is 5.63. The second kappa shape index (κ2) is 3.88. The lowest BCUT2D eigenvalue weighted by molar-refractivity contribution is 0.338. The molecule has 2 rings (SSSR count). The first kappa shape index (κ1) is 9.34. The molecule has 2 aromatic rings. The van der Waals surface area contributed by atoms with Gasteiger partial charge < -0.3 is 9.15 Å². The van der Waals surface area contributed by atoms with Crippen LogP contribution in [-0.2, 0) is 5.88 Å². The summed E-state index contributed by atoms with van der Waals surface area (Å²) in [7, 11) is 0. The number of oxazole rings is 1. The summed E-state index contributed by atoms with van der Waals surface area (Å²) < 4.78 is 10.8. The zero-order valence-corrected chi connectivity index (χ0v) is 8.54. The molecule has 0 aliphatic rings. The highest BCUT2D eigenvalue weighted by Gasteiger charge is 2.09. The van der Waals surface area contributed by atoms with Gasteiger partial charge in [-0.25, -0.2) is 4.98 Å². The van der Waals surface area contributed by atoms with Crippen molar-refractivity contribution in [2.45, 2.75) is 12.8 Å². The van der Waals surface area contributed by atoms with Gasteiger partial charge >= 0.3 is 0 Å². The van der Waals surface area contributed by atoms with E-state index in [-0.39, 0.29) is 5.88 Å². The van der Waals surface area contributed by atoms with Crippen LogP contribution in [-0.4, -0.2) is 11.6 Å². The van der Waals surface area contributed by atoms with Gasteiger partial charge in [-0.3, -0.25) is 0 Å². The van der Waals surface area contributed by atoms with Crippen LogP contribution in [0.3, 0.4) is 0 Å². The molecule has 0 radical (unpaired) electrons. The van der Waals surface area contributed by atoms with Gasteiger partial charge in [0.1, 0.15) is 5.52 Å². The fourth-order valence-corrected chi connectivity index (χ4v) is 1.41. The number of aromatic nitrogens is 1. The molecule has 1 aromatic heterocycles.